The maximum absolute atomic E-state index is 4.70. The molecule has 20 heavy (non-hydrogen) atoms. The van der Waals surface area contributed by atoms with Crippen molar-refractivity contribution >= 4 is 11.9 Å². The number of benzene rings is 2. The van der Waals surface area contributed by atoms with Gasteiger partial charge >= 0.3 is 0 Å². The molecule has 0 bridgehead atoms. The topological polar surface area (TPSA) is 15.6 Å². The third-order valence-corrected chi connectivity index (χ3v) is 4.43. The number of fused-ring (bicyclic) bond motifs is 3. The van der Waals surface area contributed by atoms with Crippen molar-refractivity contribution in [2.45, 2.75) is 25.3 Å². The van der Waals surface area contributed by atoms with E-state index in [1.807, 2.05) is 0 Å². The number of hydrazone groups is 1. The molecule has 0 fully saturated rings. The first-order valence-electron chi connectivity index (χ1n) is 7.40. The second-order valence-electron chi connectivity index (χ2n) is 5.64. The maximum atomic E-state index is 4.70. The van der Waals surface area contributed by atoms with Crippen LogP contribution in [0.3, 0.4) is 0 Å². The molecule has 100 valence electrons. The predicted octanol–water partition coefficient (Wildman–Crippen LogP) is 4.19. The summed E-state index contributed by atoms with van der Waals surface area (Å²) in [7, 11) is 0. The van der Waals surface area contributed by atoms with E-state index in [2.05, 4.69) is 65.8 Å². The summed E-state index contributed by atoms with van der Waals surface area (Å²) in [6, 6.07) is 19.8. The van der Waals surface area contributed by atoms with E-state index in [9.17, 15) is 0 Å². The molecule has 1 aliphatic carbocycles. The average Bonchev–Trinajstić information content (AvgIpc) is 2.84. The number of aryl methyl sites for hydroxylation is 1. The van der Waals surface area contributed by atoms with E-state index in [0.29, 0.717) is 12.0 Å². The first kappa shape index (κ1) is 11.7. The van der Waals surface area contributed by atoms with Crippen LogP contribution in [0.4, 0.5) is 5.69 Å². The Kier molecular flexibility index (Phi) is 2.80. The van der Waals surface area contributed by atoms with Crippen molar-refractivity contribution in [1.29, 1.82) is 0 Å². The minimum absolute atomic E-state index is 0.371. The van der Waals surface area contributed by atoms with Crippen molar-refractivity contribution in [3.63, 3.8) is 0 Å². The molecule has 4 rings (SSSR count). The first-order valence-corrected chi connectivity index (χ1v) is 7.40. The molecule has 2 aromatic rings. The van der Waals surface area contributed by atoms with Gasteiger partial charge in [0.1, 0.15) is 0 Å². The summed E-state index contributed by atoms with van der Waals surface area (Å²) < 4.78 is 0. The Bertz CT molecular complexity index is 633. The molecular formula is C18H18N2. The molecule has 1 aliphatic heterocycles. The summed E-state index contributed by atoms with van der Waals surface area (Å²) in [5, 5.41) is 6.90. The Morgan fingerprint density at radius 1 is 0.950 bits per heavy atom. The van der Waals surface area contributed by atoms with Crippen LogP contribution in [0.5, 0.6) is 0 Å². The molecule has 2 nitrogen and oxygen atoms in total. The summed E-state index contributed by atoms with van der Waals surface area (Å²) in [6.07, 6.45) is 5.83. The van der Waals surface area contributed by atoms with Crippen LogP contribution in [0, 0.1) is 5.92 Å². The van der Waals surface area contributed by atoms with Gasteiger partial charge < -0.3 is 0 Å². The smallest absolute Gasteiger partial charge is 0.0856 e. The fraction of sp³-hybridized carbons (Fsp3) is 0.278. The van der Waals surface area contributed by atoms with Crippen molar-refractivity contribution in [2.75, 3.05) is 5.01 Å². The number of anilines is 1. The van der Waals surface area contributed by atoms with Gasteiger partial charge in [-0.1, -0.05) is 42.5 Å². The van der Waals surface area contributed by atoms with E-state index < -0.39 is 0 Å². The van der Waals surface area contributed by atoms with Crippen LogP contribution in [0.1, 0.15) is 30.0 Å². The highest BCUT2D eigenvalue weighted by molar-refractivity contribution is 5.71. The van der Waals surface area contributed by atoms with Crippen LogP contribution in [-0.2, 0) is 6.42 Å². The SMILES string of the molecule is C1=NN(c2ccccc2)[C@H]2c3ccccc3CCC[C@H]12. The van der Waals surface area contributed by atoms with E-state index in [-0.39, 0.29) is 0 Å². The van der Waals surface area contributed by atoms with Crippen molar-refractivity contribution < 1.29 is 0 Å². The minimum atomic E-state index is 0.371. The molecule has 2 aliphatic rings. The molecule has 0 saturated carbocycles. The minimum Gasteiger partial charge on any atom is -0.258 e. The highest BCUT2D eigenvalue weighted by atomic mass is 15.5. The van der Waals surface area contributed by atoms with Gasteiger partial charge in [-0.2, -0.15) is 5.10 Å². The van der Waals surface area contributed by atoms with Gasteiger partial charge in [-0.25, -0.2) is 0 Å². The molecule has 2 atom stereocenters. The molecule has 0 aromatic heterocycles. The number of hydrogen-bond donors (Lipinski definition) is 0. The number of nitrogens with zero attached hydrogens (tertiary/aromatic N) is 2. The highest BCUT2D eigenvalue weighted by Gasteiger charge is 2.35. The zero-order valence-electron chi connectivity index (χ0n) is 11.4. The summed E-state index contributed by atoms with van der Waals surface area (Å²) in [5.74, 6) is 0.541. The van der Waals surface area contributed by atoms with Crippen molar-refractivity contribution in [3.8, 4) is 0 Å². The lowest BCUT2D eigenvalue weighted by Crippen LogP contribution is -2.23. The summed E-state index contributed by atoms with van der Waals surface area (Å²) in [6.45, 7) is 0. The third kappa shape index (κ3) is 1.83. The number of rotatable bonds is 1. The van der Waals surface area contributed by atoms with E-state index in [4.69, 9.17) is 5.10 Å². The van der Waals surface area contributed by atoms with Gasteiger partial charge in [0.05, 0.1) is 11.7 Å². The predicted molar refractivity (Wildman–Crippen MR) is 83.0 cm³/mol. The molecule has 0 spiro atoms. The molecule has 2 heteroatoms. The maximum Gasteiger partial charge on any atom is 0.0856 e. The zero-order chi connectivity index (χ0) is 13.4. The Hall–Kier alpha value is -2.09. The quantitative estimate of drug-likeness (QED) is 0.752. The van der Waals surface area contributed by atoms with Gasteiger partial charge in [0, 0.05) is 12.1 Å². The van der Waals surface area contributed by atoms with E-state index in [1.54, 1.807) is 0 Å². The zero-order valence-corrected chi connectivity index (χ0v) is 11.4. The lowest BCUT2D eigenvalue weighted by molar-refractivity contribution is 0.525. The number of hydrogen-bond acceptors (Lipinski definition) is 2. The van der Waals surface area contributed by atoms with Crippen LogP contribution in [0.15, 0.2) is 59.7 Å². The molecule has 0 unspecified atom stereocenters. The third-order valence-electron chi connectivity index (χ3n) is 4.43. The Morgan fingerprint density at radius 2 is 1.75 bits per heavy atom. The van der Waals surface area contributed by atoms with Crippen LogP contribution in [0.25, 0.3) is 0 Å². The van der Waals surface area contributed by atoms with Gasteiger partial charge in [-0.05, 0) is 42.5 Å². The molecule has 0 saturated heterocycles. The molecular weight excluding hydrogens is 244 g/mol. The van der Waals surface area contributed by atoms with Gasteiger partial charge in [0.2, 0.25) is 0 Å². The monoisotopic (exact) mass is 262 g/mol. The van der Waals surface area contributed by atoms with E-state index >= 15 is 0 Å². The Morgan fingerprint density at radius 3 is 2.65 bits per heavy atom. The Labute approximate surface area is 119 Å². The van der Waals surface area contributed by atoms with Crippen LogP contribution in [-0.4, -0.2) is 6.21 Å². The van der Waals surface area contributed by atoms with Crippen LogP contribution < -0.4 is 5.01 Å². The standard InChI is InChI=1S/C18H18N2/c1-2-10-16(11-3-1)20-18-15(13-19-20)9-6-8-14-7-4-5-12-17(14)18/h1-5,7,10-13,15,18H,6,8-9H2/t15-,18-/m1/s1. The fourth-order valence-corrected chi connectivity index (χ4v) is 3.47. The van der Waals surface area contributed by atoms with Gasteiger partial charge in [-0.15, -0.1) is 0 Å². The van der Waals surface area contributed by atoms with Gasteiger partial charge in [-0.3, -0.25) is 5.01 Å². The van der Waals surface area contributed by atoms with Crippen LogP contribution >= 0.6 is 0 Å². The van der Waals surface area contributed by atoms with Crippen molar-refractivity contribution in [2.24, 2.45) is 11.0 Å². The Balaban J connectivity index is 1.80. The average molecular weight is 262 g/mol. The van der Waals surface area contributed by atoms with E-state index in [1.165, 1.54) is 36.1 Å². The number of para-hydroxylation sites is 1. The second-order valence-corrected chi connectivity index (χ2v) is 5.64. The highest BCUT2D eigenvalue weighted by Crippen LogP contribution is 2.42. The lowest BCUT2D eigenvalue weighted by Gasteiger charge is -2.28. The van der Waals surface area contributed by atoms with E-state index in [0.717, 1.165) is 0 Å². The molecule has 0 amide bonds. The van der Waals surface area contributed by atoms with Gasteiger partial charge in [0.25, 0.3) is 0 Å². The summed E-state index contributed by atoms with van der Waals surface area (Å²) >= 11 is 0. The molecule has 0 radical (unpaired) electrons. The van der Waals surface area contributed by atoms with Crippen molar-refractivity contribution in [1.82, 2.24) is 0 Å². The van der Waals surface area contributed by atoms with Crippen LogP contribution in [0.2, 0.25) is 0 Å². The van der Waals surface area contributed by atoms with Crippen molar-refractivity contribution in [3.05, 3.63) is 65.7 Å². The largest absolute Gasteiger partial charge is 0.258 e. The second kappa shape index (κ2) is 4.78. The lowest BCUT2D eigenvalue weighted by atomic mass is 9.92. The normalized spacial score (nSPS) is 24.1. The molecule has 1 heterocycles. The van der Waals surface area contributed by atoms with Gasteiger partial charge in [0.15, 0.2) is 0 Å². The summed E-state index contributed by atoms with van der Waals surface area (Å²) in [4.78, 5) is 0. The molecule has 0 N–H and O–H groups in total. The summed E-state index contributed by atoms with van der Waals surface area (Å²) in [5.41, 5.74) is 4.13. The molecule has 2 aromatic carbocycles. The fourth-order valence-electron chi connectivity index (χ4n) is 3.47. The first-order chi connectivity index (χ1) is 9.93.